The molecule has 0 atom stereocenters. The molecule has 0 saturated carbocycles. The van der Waals surface area contributed by atoms with E-state index in [4.69, 9.17) is 9.47 Å². The topological polar surface area (TPSA) is 90.6 Å². The SMILES string of the molecule is COc1ccccc1-c1nnc2ccc(OCCNC(=O)c3cccc(C)c3)nn12. The Labute approximate surface area is 173 Å². The Kier molecular flexibility index (Phi) is 5.56. The second kappa shape index (κ2) is 8.60. The third-order valence-electron chi connectivity index (χ3n) is 4.50. The Bertz CT molecular complexity index is 1190. The van der Waals surface area contributed by atoms with Gasteiger partial charge in [-0.25, -0.2) is 0 Å². The van der Waals surface area contributed by atoms with Gasteiger partial charge < -0.3 is 14.8 Å². The van der Waals surface area contributed by atoms with Crippen LogP contribution < -0.4 is 14.8 Å². The van der Waals surface area contributed by atoms with Crippen LogP contribution in [0.1, 0.15) is 15.9 Å². The lowest BCUT2D eigenvalue weighted by atomic mass is 10.1. The summed E-state index contributed by atoms with van der Waals surface area (Å²) < 4.78 is 12.7. The van der Waals surface area contributed by atoms with Crippen molar-refractivity contribution >= 4 is 11.6 Å². The van der Waals surface area contributed by atoms with E-state index in [-0.39, 0.29) is 12.5 Å². The molecule has 0 aliphatic rings. The van der Waals surface area contributed by atoms with E-state index < -0.39 is 0 Å². The molecule has 0 bridgehead atoms. The van der Waals surface area contributed by atoms with Gasteiger partial charge in [0, 0.05) is 11.6 Å². The fourth-order valence-corrected chi connectivity index (χ4v) is 3.05. The molecule has 0 unspecified atom stereocenters. The first kappa shape index (κ1) is 19.4. The third-order valence-corrected chi connectivity index (χ3v) is 4.50. The molecule has 8 heteroatoms. The summed E-state index contributed by atoms with van der Waals surface area (Å²) in [7, 11) is 1.61. The van der Waals surface area contributed by atoms with Crippen molar-refractivity contribution in [1.29, 1.82) is 0 Å². The van der Waals surface area contributed by atoms with Crippen molar-refractivity contribution < 1.29 is 14.3 Å². The number of carbonyl (C=O) groups excluding carboxylic acids is 1. The van der Waals surface area contributed by atoms with E-state index in [1.54, 1.807) is 29.8 Å². The zero-order chi connectivity index (χ0) is 20.9. The maximum atomic E-state index is 12.2. The summed E-state index contributed by atoms with van der Waals surface area (Å²) in [5.74, 6) is 1.51. The van der Waals surface area contributed by atoms with Crippen LogP contribution in [0.5, 0.6) is 11.6 Å². The number of methoxy groups -OCH3 is 1. The summed E-state index contributed by atoms with van der Waals surface area (Å²) in [5.41, 5.74) is 3.04. The normalized spacial score (nSPS) is 10.7. The highest BCUT2D eigenvalue weighted by Gasteiger charge is 2.14. The number of carbonyl (C=O) groups is 1. The Morgan fingerprint density at radius 2 is 1.93 bits per heavy atom. The van der Waals surface area contributed by atoms with Crippen LogP contribution in [0, 0.1) is 6.92 Å². The van der Waals surface area contributed by atoms with Gasteiger partial charge >= 0.3 is 0 Å². The maximum Gasteiger partial charge on any atom is 0.251 e. The van der Waals surface area contributed by atoms with Crippen LogP contribution in [-0.4, -0.2) is 46.0 Å². The Morgan fingerprint density at radius 3 is 2.77 bits per heavy atom. The van der Waals surface area contributed by atoms with E-state index in [9.17, 15) is 4.79 Å². The highest BCUT2D eigenvalue weighted by atomic mass is 16.5. The molecule has 0 spiro atoms. The Hall–Kier alpha value is -3.94. The van der Waals surface area contributed by atoms with Gasteiger partial charge in [-0.1, -0.05) is 29.8 Å². The highest BCUT2D eigenvalue weighted by Crippen LogP contribution is 2.28. The number of aryl methyl sites for hydroxylation is 1. The van der Waals surface area contributed by atoms with E-state index in [1.807, 2.05) is 49.4 Å². The number of fused-ring (bicyclic) bond motifs is 1. The van der Waals surface area contributed by atoms with Crippen molar-refractivity contribution in [2.75, 3.05) is 20.3 Å². The summed E-state index contributed by atoms with van der Waals surface area (Å²) >= 11 is 0. The van der Waals surface area contributed by atoms with Crippen molar-refractivity contribution in [3.63, 3.8) is 0 Å². The van der Waals surface area contributed by atoms with Crippen LogP contribution in [-0.2, 0) is 0 Å². The molecule has 0 saturated heterocycles. The van der Waals surface area contributed by atoms with Gasteiger partial charge in [0.2, 0.25) is 5.88 Å². The summed E-state index contributed by atoms with van der Waals surface area (Å²) in [4.78, 5) is 12.2. The molecule has 30 heavy (non-hydrogen) atoms. The zero-order valence-electron chi connectivity index (χ0n) is 16.7. The number of rotatable bonds is 7. The minimum absolute atomic E-state index is 0.136. The monoisotopic (exact) mass is 403 g/mol. The number of nitrogens with zero attached hydrogens (tertiary/aromatic N) is 4. The zero-order valence-corrected chi connectivity index (χ0v) is 16.7. The van der Waals surface area contributed by atoms with Gasteiger partial charge in [0.25, 0.3) is 5.91 Å². The van der Waals surface area contributed by atoms with Gasteiger partial charge in [0.15, 0.2) is 11.5 Å². The number of aromatic nitrogens is 4. The van der Waals surface area contributed by atoms with E-state index in [0.29, 0.717) is 35.2 Å². The molecule has 152 valence electrons. The number of benzene rings is 2. The van der Waals surface area contributed by atoms with Crippen LogP contribution in [0.2, 0.25) is 0 Å². The van der Waals surface area contributed by atoms with Crippen LogP contribution in [0.15, 0.2) is 60.7 Å². The fraction of sp³-hybridized carbons (Fsp3) is 0.182. The average molecular weight is 403 g/mol. The van der Waals surface area contributed by atoms with Crippen LogP contribution in [0.25, 0.3) is 17.0 Å². The molecule has 4 aromatic rings. The molecule has 0 radical (unpaired) electrons. The van der Waals surface area contributed by atoms with Crippen molar-refractivity contribution in [2.24, 2.45) is 0 Å². The number of para-hydroxylation sites is 1. The number of hydrogen-bond acceptors (Lipinski definition) is 6. The van der Waals surface area contributed by atoms with Crippen LogP contribution in [0.4, 0.5) is 0 Å². The molecule has 0 fully saturated rings. The van der Waals surface area contributed by atoms with E-state index in [0.717, 1.165) is 11.1 Å². The number of nitrogens with one attached hydrogen (secondary N) is 1. The summed E-state index contributed by atoms with van der Waals surface area (Å²) in [5, 5.41) is 15.7. The predicted octanol–water partition coefficient (Wildman–Crippen LogP) is 2.92. The van der Waals surface area contributed by atoms with E-state index in [1.165, 1.54) is 0 Å². The van der Waals surface area contributed by atoms with Gasteiger partial charge in [0.1, 0.15) is 12.4 Å². The van der Waals surface area contributed by atoms with Crippen LogP contribution in [0.3, 0.4) is 0 Å². The average Bonchev–Trinajstić information content (AvgIpc) is 3.19. The second-order valence-corrected chi connectivity index (χ2v) is 6.64. The van der Waals surface area contributed by atoms with Gasteiger partial charge in [0.05, 0.1) is 19.2 Å². The third kappa shape index (κ3) is 4.07. The van der Waals surface area contributed by atoms with E-state index in [2.05, 4.69) is 20.6 Å². The first-order valence-electron chi connectivity index (χ1n) is 9.49. The van der Waals surface area contributed by atoms with Crippen molar-refractivity contribution in [3.8, 4) is 23.0 Å². The summed E-state index contributed by atoms with van der Waals surface area (Å²) in [6.45, 7) is 2.59. The molecule has 2 aromatic carbocycles. The van der Waals surface area contributed by atoms with Gasteiger partial charge in [-0.3, -0.25) is 4.79 Å². The predicted molar refractivity (Wildman–Crippen MR) is 112 cm³/mol. The summed E-state index contributed by atoms with van der Waals surface area (Å²) in [6.07, 6.45) is 0. The van der Waals surface area contributed by atoms with Gasteiger partial charge in [-0.05, 0) is 37.3 Å². The Balaban J connectivity index is 1.43. The standard InChI is InChI=1S/C22H21N5O3/c1-15-6-5-7-16(14-15)22(28)23-12-13-30-20-11-10-19-24-25-21(27(19)26-20)17-8-3-4-9-18(17)29-2/h3-11,14H,12-13H2,1-2H3,(H,23,28). The lowest BCUT2D eigenvalue weighted by molar-refractivity contribution is 0.0946. The summed E-state index contributed by atoms with van der Waals surface area (Å²) in [6, 6.07) is 18.5. The van der Waals surface area contributed by atoms with E-state index >= 15 is 0 Å². The van der Waals surface area contributed by atoms with Crippen molar-refractivity contribution in [3.05, 3.63) is 71.8 Å². The number of ether oxygens (including phenoxy) is 2. The highest BCUT2D eigenvalue weighted by molar-refractivity contribution is 5.94. The lowest BCUT2D eigenvalue weighted by Crippen LogP contribution is -2.28. The first-order chi connectivity index (χ1) is 14.7. The molecule has 1 N–H and O–H groups in total. The number of hydrogen-bond donors (Lipinski definition) is 1. The largest absolute Gasteiger partial charge is 0.496 e. The van der Waals surface area contributed by atoms with Crippen molar-refractivity contribution in [1.82, 2.24) is 25.1 Å². The molecule has 4 rings (SSSR count). The smallest absolute Gasteiger partial charge is 0.251 e. The molecule has 2 heterocycles. The Morgan fingerprint density at radius 1 is 1.07 bits per heavy atom. The minimum Gasteiger partial charge on any atom is -0.496 e. The quantitative estimate of drug-likeness (QED) is 0.477. The first-order valence-corrected chi connectivity index (χ1v) is 9.49. The second-order valence-electron chi connectivity index (χ2n) is 6.64. The van der Waals surface area contributed by atoms with Crippen molar-refractivity contribution in [2.45, 2.75) is 6.92 Å². The molecule has 0 aliphatic heterocycles. The molecule has 0 aliphatic carbocycles. The molecule has 8 nitrogen and oxygen atoms in total. The molecule has 2 aromatic heterocycles. The van der Waals surface area contributed by atoms with Gasteiger partial charge in [-0.2, -0.15) is 4.52 Å². The van der Waals surface area contributed by atoms with Gasteiger partial charge in [-0.15, -0.1) is 15.3 Å². The molecule has 1 amide bonds. The lowest BCUT2D eigenvalue weighted by Gasteiger charge is -2.09. The minimum atomic E-state index is -0.136. The fourth-order valence-electron chi connectivity index (χ4n) is 3.05. The number of amides is 1. The van der Waals surface area contributed by atoms with Crippen LogP contribution >= 0.6 is 0 Å². The maximum absolute atomic E-state index is 12.2. The molecular formula is C22H21N5O3. The molecular weight excluding hydrogens is 382 g/mol.